The van der Waals surface area contributed by atoms with Crippen molar-refractivity contribution >= 4 is 144 Å². The molecule has 0 aliphatic carbocycles. The van der Waals surface area contributed by atoms with Crippen molar-refractivity contribution in [1.82, 2.24) is 29.9 Å². The Morgan fingerprint density at radius 3 is 1.34 bits per heavy atom. The third kappa shape index (κ3) is 22.7. The first-order valence-electron chi connectivity index (χ1n) is 29.9. The number of H-pyrrole nitrogens is 3. The Hall–Kier alpha value is -7.66. The summed E-state index contributed by atoms with van der Waals surface area (Å²) >= 11 is 20.4. The highest BCUT2D eigenvalue weighted by molar-refractivity contribution is 9.10. The van der Waals surface area contributed by atoms with Gasteiger partial charge in [0.05, 0.1) is 67.3 Å². The van der Waals surface area contributed by atoms with Crippen LogP contribution < -0.4 is 0 Å². The minimum absolute atomic E-state index is 0. The molecule has 0 atom stereocenters. The molecule has 0 amide bonds. The van der Waals surface area contributed by atoms with E-state index in [2.05, 4.69) is 50.6 Å². The number of ether oxygens (including phenoxy) is 3. The van der Waals surface area contributed by atoms with E-state index in [1.54, 1.807) is 64.0 Å². The SMILES string of the molecule is C.CCO.CCOC(=O)/C=C/B1OC(C)(C)C(C)(C)O1.CCOC(=O)/C=C/c1cc(F)c(CS(=O)(=O)c2c[nH]c3cc(Cl)ccc23)nc1F.CCOC(=O)CCc1cc(F)c(CS(=O)(=O)c2c[nH]c3cc(Cl)ccc23)nc1F.O=S(=O)(Cc1nc(F)c(Br)cc1F)c1c[nH]c2cc(Cl)ccc12. The summed E-state index contributed by atoms with van der Waals surface area (Å²) in [6.45, 7) is 15.5. The van der Waals surface area contributed by atoms with Gasteiger partial charge in [0.1, 0.15) is 34.7 Å². The topological polar surface area (TPSA) is 306 Å². The molecule has 35 heteroatoms. The normalized spacial score (nSPS) is 13.3. The maximum atomic E-state index is 14.4. The summed E-state index contributed by atoms with van der Waals surface area (Å²) in [5.74, 6) is -8.45. The zero-order valence-corrected chi connectivity index (χ0v) is 60.7. The molecular formula is C66H69BBrCl3F6N6O15S3. The third-order valence-electron chi connectivity index (χ3n) is 14.4. The van der Waals surface area contributed by atoms with Crippen LogP contribution in [0.1, 0.15) is 97.4 Å². The number of esters is 3. The number of nitrogens with zero attached hydrogens (tertiary/aromatic N) is 3. The van der Waals surface area contributed by atoms with Crippen LogP contribution in [0.2, 0.25) is 15.1 Å². The van der Waals surface area contributed by atoms with Crippen molar-refractivity contribution in [2.24, 2.45) is 0 Å². The summed E-state index contributed by atoms with van der Waals surface area (Å²) in [6, 6.07) is 16.4. The molecule has 0 bridgehead atoms. The number of rotatable bonds is 19. The van der Waals surface area contributed by atoms with Gasteiger partial charge in [0.2, 0.25) is 17.8 Å². The molecule has 1 fully saturated rings. The Balaban J connectivity index is 0.000000243. The number of hydrogen-bond acceptors (Lipinski definition) is 18. The molecule has 1 aliphatic rings. The Morgan fingerprint density at radius 1 is 0.564 bits per heavy atom. The lowest BCUT2D eigenvalue weighted by Gasteiger charge is -2.32. The van der Waals surface area contributed by atoms with Gasteiger partial charge in [0, 0.05) is 103 Å². The number of carbonyl (C=O) groups is 3. The van der Waals surface area contributed by atoms with Crippen molar-refractivity contribution in [1.29, 1.82) is 0 Å². The van der Waals surface area contributed by atoms with Crippen LogP contribution in [0.5, 0.6) is 0 Å². The first kappa shape index (κ1) is 84.0. The van der Waals surface area contributed by atoms with Gasteiger partial charge in [-0.1, -0.05) is 60.4 Å². The van der Waals surface area contributed by atoms with Gasteiger partial charge in [-0.15, -0.1) is 0 Å². The van der Waals surface area contributed by atoms with E-state index in [-0.39, 0.29) is 87.5 Å². The molecule has 6 aromatic heterocycles. The van der Waals surface area contributed by atoms with Crippen molar-refractivity contribution in [3.8, 4) is 0 Å². The van der Waals surface area contributed by atoms with Crippen molar-refractivity contribution in [3.63, 3.8) is 0 Å². The van der Waals surface area contributed by atoms with Crippen LogP contribution in [0.15, 0.2) is 129 Å². The highest BCUT2D eigenvalue weighted by Crippen LogP contribution is 2.37. The van der Waals surface area contributed by atoms with E-state index in [1.165, 1.54) is 48.9 Å². The first-order valence-corrected chi connectivity index (χ1v) is 36.8. The number of pyridine rings is 3. The summed E-state index contributed by atoms with van der Waals surface area (Å²) in [7, 11) is -12.5. The number of halogens is 10. The standard InChI is InChI=1S/C19H17ClF2N2O4S.C19H15ClF2N2O4S.C14H8BrClF2N2O2S.C11H19BO4.C2H6O.CH4/c2*1-2-28-18(25)6-3-11-7-14(21)16(24-19(11)22)10-29(26,27)17-9-23-15-8-12(20)4-5-13(15)17;15-9-4-10(17)12(20-14(9)18)6-23(21,22)13-5-19-11-3-7(16)1-2-8(11)13;1-6-14-9(13)7-8-12-15-10(2,3)11(4,5)16-12;1-2-3;/h4-5,7-9,23H,2-3,6,10H2,1H3;3-9,23H,2,10H2,1H3;1-5,19H,6H2;7-8H,6H2,1-5H3;3H,2H2,1H3;1H4/b;6-3+;;8-7+;;. The van der Waals surface area contributed by atoms with Gasteiger partial charge in [0.15, 0.2) is 29.5 Å². The van der Waals surface area contributed by atoms with Gasteiger partial charge in [-0.25, -0.2) is 63.0 Å². The summed E-state index contributed by atoms with van der Waals surface area (Å²) in [5, 5.41) is 10.1. The molecular weight excluding hydrogens is 1520 g/mol. The van der Waals surface area contributed by atoms with Crippen molar-refractivity contribution < 1.29 is 94.6 Å². The highest BCUT2D eigenvalue weighted by atomic mass is 79.9. The van der Waals surface area contributed by atoms with Crippen LogP contribution in [0.3, 0.4) is 0 Å². The van der Waals surface area contributed by atoms with Gasteiger partial charge < -0.3 is 43.6 Å². The lowest BCUT2D eigenvalue weighted by atomic mass is 9.90. The average Bonchev–Trinajstić information content (AvgIpc) is 1.71. The summed E-state index contributed by atoms with van der Waals surface area (Å²) in [4.78, 5) is 52.3. The van der Waals surface area contributed by atoms with Crippen molar-refractivity contribution in [3.05, 3.63) is 193 Å². The Morgan fingerprint density at radius 2 is 0.931 bits per heavy atom. The highest BCUT2D eigenvalue weighted by Gasteiger charge is 2.50. The number of aliphatic hydroxyl groups excluding tert-OH is 1. The van der Waals surface area contributed by atoms with Crippen LogP contribution >= 0.6 is 50.7 Å². The number of aryl methyl sites for hydroxylation is 1. The van der Waals surface area contributed by atoms with Crippen LogP contribution in [-0.2, 0) is 91.1 Å². The molecule has 1 aliphatic heterocycles. The van der Waals surface area contributed by atoms with Crippen molar-refractivity contribution in [2.75, 3.05) is 26.4 Å². The number of aliphatic hydroxyl groups is 1. The third-order valence-corrected chi connectivity index (χ3v) is 20.6. The maximum Gasteiger partial charge on any atom is 0.487 e. The van der Waals surface area contributed by atoms with Gasteiger partial charge >= 0.3 is 25.0 Å². The summed E-state index contributed by atoms with van der Waals surface area (Å²) in [5.41, 5.74) is -1.24. The fourth-order valence-corrected chi connectivity index (χ4v) is 14.2. The maximum absolute atomic E-state index is 14.4. The van der Waals surface area contributed by atoms with Gasteiger partial charge in [-0.3, -0.25) is 4.79 Å². The molecule has 7 heterocycles. The van der Waals surface area contributed by atoms with Crippen LogP contribution in [-0.4, -0.2) is 123 Å². The Kier molecular flexibility index (Phi) is 30.3. The van der Waals surface area contributed by atoms with Gasteiger partial charge in [-0.2, -0.15) is 13.2 Å². The lowest BCUT2D eigenvalue weighted by Crippen LogP contribution is -2.41. The minimum Gasteiger partial charge on any atom is -0.466 e. The average molecular weight is 1590 g/mol. The number of nitrogens with one attached hydrogen (secondary N) is 3. The fourth-order valence-electron chi connectivity index (χ4n) is 9.02. The molecule has 544 valence electrons. The number of carbonyl (C=O) groups excluding carboxylic acids is 3. The Labute approximate surface area is 602 Å². The predicted molar refractivity (Wildman–Crippen MR) is 375 cm³/mol. The van der Waals surface area contributed by atoms with Crippen molar-refractivity contribution in [2.45, 2.75) is 119 Å². The van der Waals surface area contributed by atoms with Crippen LogP contribution in [0.25, 0.3) is 38.8 Å². The molecule has 0 radical (unpaired) electrons. The van der Waals surface area contributed by atoms with E-state index in [4.69, 9.17) is 58.7 Å². The number of fused-ring (bicyclic) bond motifs is 3. The Bertz CT molecular complexity index is 4880. The summed E-state index contributed by atoms with van der Waals surface area (Å²) in [6.07, 6.45) is 6.86. The van der Waals surface area contributed by atoms with Gasteiger partial charge in [-0.05, 0) is 144 Å². The predicted octanol–water partition coefficient (Wildman–Crippen LogP) is 14.6. The second-order valence-corrected chi connectivity index (χ2v) is 30.1. The zero-order valence-electron chi connectivity index (χ0n) is 54.4. The molecule has 0 spiro atoms. The molecule has 3 aromatic carbocycles. The second-order valence-electron chi connectivity index (χ2n) is 22.1. The van der Waals surface area contributed by atoms with Gasteiger partial charge in [0.25, 0.3) is 0 Å². The molecule has 0 saturated carbocycles. The largest absolute Gasteiger partial charge is 0.487 e. The number of hydrogen-bond donors (Lipinski definition) is 4. The number of sulfone groups is 3. The minimum atomic E-state index is -4.03. The molecule has 101 heavy (non-hydrogen) atoms. The monoisotopic (exact) mass is 1590 g/mol. The smallest absolute Gasteiger partial charge is 0.466 e. The fraction of sp³-hybridized carbons (Fsp3) is 0.303. The molecule has 21 nitrogen and oxygen atoms in total. The number of aromatic amines is 3. The van der Waals surface area contributed by atoms with E-state index in [0.29, 0.717) is 54.4 Å². The lowest BCUT2D eigenvalue weighted by molar-refractivity contribution is -0.143. The van der Waals surface area contributed by atoms with E-state index in [1.807, 2.05) is 27.7 Å². The zero-order chi connectivity index (χ0) is 74.2. The number of aromatic nitrogens is 6. The summed E-state index contributed by atoms with van der Waals surface area (Å²) < 4.78 is 186. The van der Waals surface area contributed by atoms with Crippen LogP contribution in [0.4, 0.5) is 26.3 Å². The number of benzene rings is 3. The molecule has 10 rings (SSSR count). The van der Waals surface area contributed by atoms with E-state index < -0.39 is 118 Å². The van der Waals surface area contributed by atoms with Crippen LogP contribution in [0, 0.1) is 35.3 Å². The first-order chi connectivity index (χ1) is 46.9. The molecule has 0 unspecified atom stereocenters. The quantitative estimate of drug-likeness (QED) is 0.0146. The molecule has 1 saturated heterocycles. The molecule has 9 aromatic rings. The second kappa shape index (κ2) is 36.5. The van der Waals surface area contributed by atoms with E-state index >= 15 is 0 Å². The van der Waals surface area contributed by atoms with E-state index in [0.717, 1.165) is 30.4 Å². The molecule has 4 N–H and O–H groups in total. The van der Waals surface area contributed by atoms with E-state index in [9.17, 15) is 66.0 Å².